The molecule has 0 N–H and O–H groups in total. The Hall–Kier alpha value is -2.85. The van der Waals surface area contributed by atoms with E-state index >= 15 is 0 Å². The van der Waals surface area contributed by atoms with Crippen LogP contribution in [0.1, 0.15) is 0 Å². The molecule has 0 unspecified atom stereocenters. The van der Waals surface area contributed by atoms with E-state index in [4.69, 9.17) is 0 Å². The summed E-state index contributed by atoms with van der Waals surface area (Å²) in [6, 6.07) is 32.2. The van der Waals surface area contributed by atoms with Crippen molar-refractivity contribution in [2.75, 3.05) is 0 Å². The SMILES string of the molecule is [Ir].[c-]1ccccc1-c1nccs1.[c-]1ccccc1-n1cc(-c2ccccc2)cn1. The Morgan fingerprint density at radius 3 is 2.21 bits per heavy atom. The minimum absolute atomic E-state index is 0. The third kappa shape index (κ3) is 5.58. The van der Waals surface area contributed by atoms with Crippen molar-refractivity contribution in [1.29, 1.82) is 0 Å². The zero-order valence-corrected chi connectivity index (χ0v) is 18.6. The van der Waals surface area contributed by atoms with Crippen molar-refractivity contribution in [2.24, 2.45) is 0 Å². The third-order valence-electron chi connectivity index (χ3n) is 4.00. The molecule has 2 heterocycles. The Kier molecular flexibility index (Phi) is 7.65. The van der Waals surface area contributed by atoms with Gasteiger partial charge in [-0.3, -0.25) is 9.67 Å². The summed E-state index contributed by atoms with van der Waals surface area (Å²) in [5.41, 5.74) is 4.31. The predicted molar refractivity (Wildman–Crippen MR) is 114 cm³/mol. The van der Waals surface area contributed by atoms with E-state index in [1.165, 1.54) is 5.56 Å². The molecule has 0 saturated heterocycles. The molecule has 0 spiro atoms. The Balaban J connectivity index is 0.000000174. The second-order valence-corrected chi connectivity index (χ2v) is 6.80. The fourth-order valence-corrected chi connectivity index (χ4v) is 3.27. The van der Waals surface area contributed by atoms with Crippen LogP contribution >= 0.6 is 11.3 Å². The molecule has 1 radical (unpaired) electrons. The maximum Gasteiger partial charge on any atom is 0.0571 e. The molecule has 0 aliphatic rings. The second kappa shape index (κ2) is 10.6. The molecule has 0 atom stereocenters. The first-order valence-corrected chi connectivity index (χ1v) is 9.72. The normalized spacial score (nSPS) is 9.79. The predicted octanol–water partition coefficient (Wildman–Crippen LogP) is 5.95. The van der Waals surface area contributed by atoms with Crippen molar-refractivity contribution in [3.8, 4) is 27.4 Å². The van der Waals surface area contributed by atoms with E-state index in [1.807, 2.05) is 89.2 Å². The fraction of sp³-hybridized carbons (Fsp3) is 0. The van der Waals surface area contributed by atoms with Gasteiger partial charge in [-0.05, 0) is 11.3 Å². The summed E-state index contributed by atoms with van der Waals surface area (Å²) in [4.78, 5) is 4.17. The van der Waals surface area contributed by atoms with Crippen molar-refractivity contribution in [3.63, 3.8) is 0 Å². The number of nitrogens with zero attached hydrogens (tertiary/aromatic N) is 3. The van der Waals surface area contributed by atoms with E-state index in [0.717, 1.165) is 21.8 Å². The van der Waals surface area contributed by atoms with Gasteiger partial charge >= 0.3 is 0 Å². The number of hydrogen-bond acceptors (Lipinski definition) is 3. The quantitative estimate of drug-likeness (QED) is 0.251. The summed E-state index contributed by atoms with van der Waals surface area (Å²) in [5, 5.41) is 7.35. The van der Waals surface area contributed by atoms with E-state index < -0.39 is 0 Å². The topological polar surface area (TPSA) is 30.7 Å². The maximum absolute atomic E-state index is 4.35. The van der Waals surface area contributed by atoms with E-state index in [0.29, 0.717) is 0 Å². The smallest absolute Gasteiger partial charge is 0.0571 e. The largest absolute Gasteiger partial charge is 0.293 e. The van der Waals surface area contributed by atoms with Crippen LogP contribution in [0.15, 0.2) is 103 Å². The van der Waals surface area contributed by atoms with Crippen LogP contribution in [0.2, 0.25) is 0 Å². The van der Waals surface area contributed by atoms with Gasteiger partial charge < -0.3 is 0 Å². The van der Waals surface area contributed by atoms with Gasteiger partial charge in [-0.15, -0.1) is 42.0 Å². The Morgan fingerprint density at radius 2 is 1.55 bits per heavy atom. The molecule has 0 amide bonds. The monoisotopic (exact) mass is 572 g/mol. The van der Waals surface area contributed by atoms with E-state index in [1.54, 1.807) is 17.5 Å². The molecule has 29 heavy (non-hydrogen) atoms. The molecule has 145 valence electrons. The molecule has 5 rings (SSSR count). The van der Waals surface area contributed by atoms with Gasteiger partial charge in [0, 0.05) is 48.5 Å². The fourth-order valence-electron chi connectivity index (χ4n) is 2.64. The number of benzene rings is 3. The zero-order chi connectivity index (χ0) is 19.0. The minimum atomic E-state index is 0. The molecular formula is C24H17IrN3S-2. The van der Waals surface area contributed by atoms with Crippen molar-refractivity contribution in [2.45, 2.75) is 0 Å². The second-order valence-electron chi connectivity index (χ2n) is 5.90. The number of aromatic nitrogens is 3. The van der Waals surface area contributed by atoms with Crippen molar-refractivity contribution in [1.82, 2.24) is 14.8 Å². The number of para-hydroxylation sites is 1. The number of rotatable bonds is 3. The molecule has 0 bridgehead atoms. The first-order valence-electron chi connectivity index (χ1n) is 8.84. The van der Waals surface area contributed by atoms with Gasteiger partial charge in [-0.25, -0.2) is 0 Å². The number of hydrogen-bond donors (Lipinski definition) is 0. The number of thiazole rings is 1. The molecule has 0 aliphatic carbocycles. The van der Waals surface area contributed by atoms with Gasteiger partial charge in [0.2, 0.25) is 0 Å². The Bertz CT molecular complexity index is 1040. The molecule has 0 saturated carbocycles. The van der Waals surface area contributed by atoms with Gasteiger partial charge in [0.15, 0.2) is 0 Å². The van der Waals surface area contributed by atoms with Crippen LogP contribution in [-0.2, 0) is 20.1 Å². The molecule has 3 aromatic carbocycles. The van der Waals surface area contributed by atoms with Crippen LogP contribution in [0.25, 0.3) is 27.4 Å². The molecule has 5 aromatic rings. The summed E-state index contributed by atoms with van der Waals surface area (Å²) >= 11 is 1.63. The van der Waals surface area contributed by atoms with Crippen LogP contribution in [0.3, 0.4) is 0 Å². The van der Waals surface area contributed by atoms with Crippen molar-refractivity contribution >= 4 is 11.3 Å². The molecular weight excluding hydrogens is 555 g/mol. The standard InChI is InChI=1S/C15H11N2.C9H6NS.Ir/c1-3-7-13(8-4-1)14-11-16-17(12-14)15-9-5-2-6-10-15;1-2-4-8(5-3-1)9-10-6-7-11-9;/h1-9,11-12H;1-4,6-7H;/q2*-1;. The minimum Gasteiger partial charge on any atom is -0.293 e. The van der Waals surface area contributed by atoms with Crippen LogP contribution < -0.4 is 0 Å². The summed E-state index contributed by atoms with van der Waals surface area (Å²) in [7, 11) is 0. The summed E-state index contributed by atoms with van der Waals surface area (Å²) < 4.78 is 1.84. The van der Waals surface area contributed by atoms with Crippen LogP contribution in [0.5, 0.6) is 0 Å². The Labute approximate surface area is 188 Å². The third-order valence-corrected chi connectivity index (χ3v) is 4.81. The van der Waals surface area contributed by atoms with Crippen LogP contribution in [-0.4, -0.2) is 14.8 Å². The van der Waals surface area contributed by atoms with Crippen molar-refractivity contribution < 1.29 is 20.1 Å². The van der Waals surface area contributed by atoms with Gasteiger partial charge in [-0.2, -0.15) is 40.7 Å². The van der Waals surface area contributed by atoms with Gasteiger partial charge in [0.05, 0.1) is 6.20 Å². The van der Waals surface area contributed by atoms with Gasteiger partial charge in [-0.1, -0.05) is 30.3 Å². The van der Waals surface area contributed by atoms with E-state index in [-0.39, 0.29) is 20.1 Å². The molecule has 0 fully saturated rings. The summed E-state index contributed by atoms with van der Waals surface area (Å²) in [6.07, 6.45) is 5.69. The average Bonchev–Trinajstić information content (AvgIpc) is 3.49. The zero-order valence-electron chi connectivity index (χ0n) is 15.4. The molecule has 2 aromatic heterocycles. The van der Waals surface area contributed by atoms with E-state index in [9.17, 15) is 0 Å². The summed E-state index contributed by atoms with van der Waals surface area (Å²) in [6.45, 7) is 0. The Morgan fingerprint density at radius 1 is 0.793 bits per heavy atom. The van der Waals surface area contributed by atoms with Crippen LogP contribution in [0.4, 0.5) is 0 Å². The van der Waals surface area contributed by atoms with Crippen molar-refractivity contribution in [3.05, 3.63) is 115 Å². The molecule has 5 heteroatoms. The summed E-state index contributed by atoms with van der Waals surface area (Å²) in [5.74, 6) is 0. The first kappa shape index (κ1) is 20.9. The van der Waals surface area contributed by atoms with E-state index in [2.05, 4.69) is 34.3 Å². The van der Waals surface area contributed by atoms with Crippen LogP contribution in [0, 0.1) is 12.1 Å². The average molecular weight is 572 g/mol. The molecule has 3 nitrogen and oxygen atoms in total. The first-order chi connectivity index (χ1) is 13.9. The van der Waals surface area contributed by atoms with Gasteiger partial charge in [0.1, 0.15) is 0 Å². The van der Waals surface area contributed by atoms with Gasteiger partial charge in [0.25, 0.3) is 0 Å². The molecule has 0 aliphatic heterocycles. The maximum atomic E-state index is 4.35.